The summed E-state index contributed by atoms with van der Waals surface area (Å²) in [6.45, 7) is 3.27. The van der Waals surface area contributed by atoms with E-state index in [1.165, 1.54) is 38.5 Å². The van der Waals surface area contributed by atoms with Crippen molar-refractivity contribution in [2.45, 2.75) is 26.1 Å². The summed E-state index contributed by atoms with van der Waals surface area (Å²) in [6.07, 6.45) is -2.11. The number of carbonyl (C=O) groups excluding carboxylic acids is 6. The van der Waals surface area contributed by atoms with E-state index in [9.17, 15) is 10.2 Å². The van der Waals surface area contributed by atoms with E-state index in [1.807, 2.05) is 0 Å². The SMILES string of the molecule is COC1C2C(=O)C34C(=O)c5c(O)cc(C)cc5C(=O)C35C3C(=O)C46C(=O)c4c(O)cc(C)cc4C(=O)C26C(C3OC)C15. The van der Waals surface area contributed by atoms with Crippen LogP contribution in [0.3, 0.4) is 0 Å². The maximum Gasteiger partial charge on any atom is 0.183 e. The van der Waals surface area contributed by atoms with Crippen molar-refractivity contribution < 1.29 is 48.5 Å². The van der Waals surface area contributed by atoms with Gasteiger partial charge in [-0.15, -0.1) is 0 Å². The van der Waals surface area contributed by atoms with Gasteiger partial charge in [-0.05, 0) is 49.2 Å². The van der Waals surface area contributed by atoms with Crippen molar-refractivity contribution in [3.8, 4) is 11.5 Å². The molecule has 10 heteroatoms. The first kappa shape index (κ1) is 24.6. The van der Waals surface area contributed by atoms with Crippen molar-refractivity contribution in [1.29, 1.82) is 0 Å². The number of hydrogen-bond acceptors (Lipinski definition) is 10. The first-order valence-electron chi connectivity index (χ1n) is 13.9. The highest BCUT2D eigenvalue weighted by molar-refractivity contribution is 6.45. The lowest BCUT2D eigenvalue weighted by Gasteiger charge is -2.59. The Hall–Kier alpha value is -4.02. The summed E-state index contributed by atoms with van der Waals surface area (Å²) < 4.78 is 11.9. The molecular formula is C32H24O10. The Morgan fingerprint density at radius 1 is 0.595 bits per heavy atom. The first-order chi connectivity index (χ1) is 19.9. The Morgan fingerprint density at radius 2 is 0.952 bits per heavy atom. The Labute approximate surface area is 238 Å². The van der Waals surface area contributed by atoms with E-state index in [0.29, 0.717) is 11.1 Å². The van der Waals surface area contributed by atoms with Gasteiger partial charge in [-0.2, -0.15) is 0 Å². The molecule has 6 bridgehead atoms. The molecule has 4 spiro atoms. The summed E-state index contributed by atoms with van der Waals surface area (Å²) in [7, 11) is 2.71. The second kappa shape index (κ2) is 6.48. The number of aromatic hydroxyl groups is 2. The van der Waals surface area contributed by atoms with Crippen LogP contribution in [-0.2, 0) is 19.1 Å². The maximum absolute atomic E-state index is 15.1. The van der Waals surface area contributed by atoms with Crippen molar-refractivity contribution in [2.24, 2.45) is 45.3 Å². The third kappa shape index (κ3) is 1.66. The monoisotopic (exact) mass is 568 g/mol. The van der Waals surface area contributed by atoms with Gasteiger partial charge >= 0.3 is 0 Å². The van der Waals surface area contributed by atoms with Gasteiger partial charge in [0.25, 0.3) is 0 Å². The zero-order chi connectivity index (χ0) is 29.8. The van der Waals surface area contributed by atoms with E-state index in [1.54, 1.807) is 13.8 Å². The van der Waals surface area contributed by atoms with Gasteiger partial charge in [0.15, 0.2) is 34.7 Å². The molecule has 7 aliphatic carbocycles. The fourth-order valence-corrected chi connectivity index (χ4v) is 12.0. The van der Waals surface area contributed by atoms with Crippen LogP contribution in [0, 0.1) is 59.2 Å². The van der Waals surface area contributed by atoms with E-state index in [4.69, 9.17) is 9.47 Å². The summed E-state index contributed by atoms with van der Waals surface area (Å²) >= 11 is 0. The number of carbonyl (C=O) groups is 6. The van der Waals surface area contributed by atoms with Crippen molar-refractivity contribution in [1.82, 2.24) is 0 Å². The number of Topliss-reactive ketones (excluding diaryl/α,β-unsaturated/α-hetero) is 6. The molecule has 2 aromatic carbocycles. The number of benzene rings is 2. The van der Waals surface area contributed by atoms with Crippen molar-refractivity contribution in [2.75, 3.05) is 14.2 Å². The Bertz CT molecular complexity index is 1750. The van der Waals surface area contributed by atoms with Crippen LogP contribution >= 0.6 is 0 Å². The average molecular weight is 569 g/mol. The number of methoxy groups -OCH3 is 2. The third-order valence-corrected chi connectivity index (χ3v) is 12.3. The number of aryl methyl sites for hydroxylation is 2. The van der Waals surface area contributed by atoms with Gasteiger partial charge in [0.2, 0.25) is 0 Å². The molecular weight excluding hydrogens is 544 g/mol. The number of fused-ring (bicyclic) bond motifs is 2. The third-order valence-electron chi connectivity index (χ3n) is 12.3. The van der Waals surface area contributed by atoms with Crippen LogP contribution in [0.1, 0.15) is 52.6 Å². The Balaban J connectivity index is 1.55. The van der Waals surface area contributed by atoms with Crippen LogP contribution in [0.25, 0.3) is 0 Å². The predicted molar refractivity (Wildman–Crippen MR) is 138 cm³/mol. The number of hydrogen-bond donors (Lipinski definition) is 2. The molecule has 0 aliphatic heterocycles. The molecule has 212 valence electrons. The second-order valence-electron chi connectivity index (χ2n) is 13.1. The minimum atomic E-state index is -2.60. The molecule has 5 saturated carbocycles. The number of phenols is 2. The summed E-state index contributed by atoms with van der Waals surface area (Å²) in [5.74, 6) is -11.0. The second-order valence-corrected chi connectivity index (χ2v) is 13.1. The van der Waals surface area contributed by atoms with Gasteiger partial charge in [-0.3, -0.25) is 28.8 Å². The molecule has 10 atom stereocenters. The zero-order valence-electron chi connectivity index (χ0n) is 22.9. The zero-order valence-corrected chi connectivity index (χ0v) is 22.9. The molecule has 42 heavy (non-hydrogen) atoms. The Morgan fingerprint density at radius 3 is 1.29 bits per heavy atom. The lowest BCUT2D eigenvalue weighted by molar-refractivity contribution is -0.155. The summed E-state index contributed by atoms with van der Waals surface area (Å²) in [6, 6.07) is 5.46. The molecule has 0 heterocycles. The molecule has 2 aromatic rings. The highest BCUT2D eigenvalue weighted by Crippen LogP contribution is 2.96. The fourth-order valence-electron chi connectivity index (χ4n) is 12.0. The molecule has 2 N–H and O–H groups in total. The predicted octanol–water partition coefficient (Wildman–Crippen LogP) is 1.82. The van der Waals surface area contributed by atoms with Crippen LogP contribution in [-0.4, -0.2) is 71.3 Å². The van der Waals surface area contributed by atoms with Gasteiger partial charge in [0.1, 0.15) is 22.3 Å². The number of ketones is 6. The summed E-state index contributed by atoms with van der Waals surface area (Å²) in [4.78, 5) is 90.5. The molecule has 10 unspecified atom stereocenters. The van der Waals surface area contributed by atoms with E-state index < -0.39 is 115 Å². The van der Waals surface area contributed by atoms with Crippen LogP contribution < -0.4 is 0 Å². The molecule has 0 amide bonds. The maximum atomic E-state index is 15.1. The van der Waals surface area contributed by atoms with Gasteiger partial charge in [0, 0.05) is 37.2 Å². The topological polar surface area (TPSA) is 161 Å². The van der Waals surface area contributed by atoms with Crippen molar-refractivity contribution >= 4 is 34.7 Å². The molecule has 9 rings (SSSR count). The standard InChI is InChI=1S/C32H24O10/c1-9-5-11-15(13(33)7-9)25(37)31-28(40)20-21(41-3)17-18-22(42-4)19(29(17,31)23(11)35)27(39)32(31)26(38)16-12(24(36)30(18,20)32)6-10(2)8-14(16)34/h5-8,17-22,33-34H,1-4H3. The van der Waals surface area contributed by atoms with E-state index in [0.717, 1.165) is 0 Å². The molecule has 0 radical (unpaired) electrons. The Kier molecular flexibility index (Phi) is 3.79. The van der Waals surface area contributed by atoms with E-state index in [-0.39, 0.29) is 11.1 Å². The number of rotatable bonds is 2. The van der Waals surface area contributed by atoms with Gasteiger partial charge in [0.05, 0.1) is 46.0 Å². The molecule has 0 saturated heterocycles. The quantitative estimate of drug-likeness (QED) is 0.511. The summed E-state index contributed by atoms with van der Waals surface area (Å²) in [5, 5.41) is 22.1. The van der Waals surface area contributed by atoms with Crippen LogP contribution in [0.2, 0.25) is 0 Å². The van der Waals surface area contributed by atoms with Crippen LogP contribution in [0.4, 0.5) is 0 Å². The van der Waals surface area contributed by atoms with Gasteiger partial charge in [-0.1, -0.05) is 0 Å². The lowest BCUT2D eigenvalue weighted by atomic mass is 9.36. The lowest BCUT2D eigenvalue weighted by Crippen LogP contribution is -2.74. The molecule has 0 aromatic heterocycles. The van der Waals surface area contributed by atoms with E-state index in [2.05, 4.69) is 0 Å². The minimum absolute atomic E-state index is 0.132. The minimum Gasteiger partial charge on any atom is -0.507 e. The average Bonchev–Trinajstić information content (AvgIpc) is 3.48. The summed E-state index contributed by atoms with van der Waals surface area (Å²) in [5.41, 5.74) is -9.51. The van der Waals surface area contributed by atoms with Crippen LogP contribution in [0.5, 0.6) is 11.5 Å². The highest BCUT2D eigenvalue weighted by atomic mass is 16.5. The van der Waals surface area contributed by atoms with Gasteiger partial charge < -0.3 is 19.7 Å². The molecule has 7 aliphatic rings. The van der Waals surface area contributed by atoms with Crippen LogP contribution in [0.15, 0.2) is 24.3 Å². The van der Waals surface area contributed by atoms with Crippen molar-refractivity contribution in [3.05, 3.63) is 57.6 Å². The highest BCUT2D eigenvalue weighted by Gasteiger charge is 3.10. The molecule has 10 nitrogen and oxygen atoms in total. The van der Waals surface area contributed by atoms with E-state index >= 15 is 28.8 Å². The fraction of sp³-hybridized carbons (Fsp3) is 0.438. The molecule has 5 fully saturated rings. The first-order valence-corrected chi connectivity index (χ1v) is 13.9. The normalized spacial score (nSPS) is 44.3. The largest absolute Gasteiger partial charge is 0.507 e. The number of ether oxygens (including phenoxy) is 2. The van der Waals surface area contributed by atoms with Gasteiger partial charge in [-0.25, -0.2) is 0 Å². The smallest absolute Gasteiger partial charge is 0.183 e. The van der Waals surface area contributed by atoms with Crippen molar-refractivity contribution in [3.63, 3.8) is 0 Å². The number of phenolic OH excluding ortho intramolecular Hbond substituents is 2.